The summed E-state index contributed by atoms with van der Waals surface area (Å²) in [5.41, 5.74) is 6.47. The fourth-order valence-electron chi connectivity index (χ4n) is 2.00. The molecule has 0 radical (unpaired) electrons. The maximum absolute atomic E-state index is 11.8. The molecular formula is C14H21N3O. The second kappa shape index (κ2) is 5.08. The molecule has 0 aliphatic heterocycles. The van der Waals surface area contributed by atoms with Crippen LogP contribution in [0.2, 0.25) is 0 Å². The van der Waals surface area contributed by atoms with Crippen molar-refractivity contribution in [1.82, 2.24) is 10.2 Å². The van der Waals surface area contributed by atoms with Gasteiger partial charge in [0.15, 0.2) is 0 Å². The molecule has 1 aliphatic rings. The lowest BCUT2D eigenvalue weighted by Crippen LogP contribution is -2.45. The number of amides is 1. The third kappa shape index (κ3) is 2.89. The molecular weight excluding hydrogens is 226 g/mol. The molecule has 0 spiro atoms. The second-order valence-electron chi connectivity index (χ2n) is 5.26. The summed E-state index contributed by atoms with van der Waals surface area (Å²) in [6.45, 7) is 0.592. The first-order valence-corrected chi connectivity index (χ1v) is 6.31. The van der Waals surface area contributed by atoms with E-state index in [1.165, 1.54) is 5.56 Å². The fraction of sp³-hybridized carbons (Fsp3) is 0.500. The molecule has 1 saturated carbocycles. The Balaban J connectivity index is 1.97. The molecule has 0 bridgehead atoms. The smallest absolute Gasteiger partial charge is 0.240 e. The Morgan fingerprint density at radius 3 is 2.50 bits per heavy atom. The second-order valence-corrected chi connectivity index (χ2v) is 5.26. The minimum absolute atomic E-state index is 0.0229. The molecule has 4 heteroatoms. The minimum atomic E-state index is -0.590. The highest BCUT2D eigenvalue weighted by Crippen LogP contribution is 2.32. The van der Waals surface area contributed by atoms with Gasteiger partial charge in [-0.05, 0) is 32.5 Å². The van der Waals surface area contributed by atoms with Crippen molar-refractivity contribution in [2.75, 3.05) is 20.6 Å². The van der Waals surface area contributed by atoms with Gasteiger partial charge in [-0.25, -0.2) is 0 Å². The van der Waals surface area contributed by atoms with Crippen molar-refractivity contribution in [3.63, 3.8) is 0 Å². The van der Waals surface area contributed by atoms with E-state index in [-0.39, 0.29) is 11.9 Å². The largest absolute Gasteiger partial charge is 0.353 e. The van der Waals surface area contributed by atoms with Gasteiger partial charge in [0.25, 0.3) is 0 Å². The Morgan fingerprint density at radius 1 is 1.39 bits per heavy atom. The zero-order valence-corrected chi connectivity index (χ0v) is 11.0. The highest BCUT2D eigenvalue weighted by molar-refractivity contribution is 5.88. The summed E-state index contributed by atoms with van der Waals surface area (Å²) in [5.74, 6) is -0.0229. The number of hydrogen-bond donors (Lipinski definition) is 2. The van der Waals surface area contributed by atoms with Crippen LogP contribution in [-0.2, 0) is 4.79 Å². The van der Waals surface area contributed by atoms with Crippen molar-refractivity contribution in [3.8, 4) is 0 Å². The standard InChI is InChI=1S/C14H21N3O/c1-17(2)12(11-6-4-3-5-7-11)10-16-13(18)14(15)8-9-14/h3-7,12H,8-10,15H2,1-2H3,(H,16,18). The Hall–Kier alpha value is -1.39. The van der Waals surface area contributed by atoms with Gasteiger partial charge in [-0.3, -0.25) is 4.79 Å². The zero-order valence-electron chi connectivity index (χ0n) is 11.0. The first kappa shape index (κ1) is 13.1. The van der Waals surface area contributed by atoms with Crippen LogP contribution >= 0.6 is 0 Å². The summed E-state index contributed by atoms with van der Waals surface area (Å²) in [6, 6.07) is 10.3. The molecule has 1 fully saturated rings. The molecule has 1 aromatic carbocycles. The predicted octanol–water partition coefficient (Wildman–Crippen LogP) is 0.897. The van der Waals surface area contributed by atoms with E-state index in [0.717, 1.165) is 12.8 Å². The molecule has 4 nitrogen and oxygen atoms in total. The number of nitrogens with zero attached hydrogens (tertiary/aromatic N) is 1. The summed E-state index contributed by atoms with van der Waals surface area (Å²) >= 11 is 0. The van der Waals surface area contributed by atoms with Crippen LogP contribution in [0.4, 0.5) is 0 Å². The summed E-state index contributed by atoms with van der Waals surface area (Å²) in [6.07, 6.45) is 1.60. The van der Waals surface area contributed by atoms with Crippen LogP contribution < -0.4 is 11.1 Å². The van der Waals surface area contributed by atoms with Crippen LogP contribution in [0.5, 0.6) is 0 Å². The lowest BCUT2D eigenvalue weighted by molar-refractivity contribution is -0.123. The monoisotopic (exact) mass is 247 g/mol. The average molecular weight is 247 g/mol. The fourth-order valence-corrected chi connectivity index (χ4v) is 2.00. The minimum Gasteiger partial charge on any atom is -0.353 e. The highest BCUT2D eigenvalue weighted by atomic mass is 16.2. The van der Waals surface area contributed by atoms with E-state index < -0.39 is 5.54 Å². The van der Waals surface area contributed by atoms with Crippen LogP contribution in [0.3, 0.4) is 0 Å². The number of carbonyl (C=O) groups is 1. The maximum atomic E-state index is 11.8. The Morgan fingerprint density at radius 2 is 2.00 bits per heavy atom. The topological polar surface area (TPSA) is 58.4 Å². The molecule has 1 amide bonds. The van der Waals surface area contributed by atoms with E-state index in [4.69, 9.17) is 5.73 Å². The lowest BCUT2D eigenvalue weighted by Gasteiger charge is -2.25. The van der Waals surface area contributed by atoms with Crippen LogP contribution in [0, 0.1) is 0 Å². The third-order valence-electron chi connectivity index (χ3n) is 3.50. The molecule has 98 valence electrons. The van der Waals surface area contributed by atoms with Crippen molar-refractivity contribution < 1.29 is 4.79 Å². The Bertz CT molecular complexity index is 412. The van der Waals surface area contributed by atoms with E-state index in [1.54, 1.807) is 0 Å². The van der Waals surface area contributed by atoms with E-state index in [1.807, 2.05) is 32.3 Å². The zero-order chi connectivity index (χ0) is 13.2. The molecule has 2 rings (SSSR count). The van der Waals surface area contributed by atoms with Crippen LogP contribution in [-0.4, -0.2) is 37.0 Å². The number of hydrogen-bond acceptors (Lipinski definition) is 3. The van der Waals surface area contributed by atoms with E-state index in [0.29, 0.717) is 6.54 Å². The van der Waals surface area contributed by atoms with Gasteiger partial charge in [0, 0.05) is 6.54 Å². The molecule has 0 saturated heterocycles. The lowest BCUT2D eigenvalue weighted by atomic mass is 10.1. The van der Waals surface area contributed by atoms with Crippen molar-refractivity contribution >= 4 is 5.91 Å². The van der Waals surface area contributed by atoms with Crippen molar-refractivity contribution in [2.45, 2.75) is 24.4 Å². The van der Waals surface area contributed by atoms with E-state index in [2.05, 4.69) is 22.3 Å². The van der Waals surface area contributed by atoms with Gasteiger partial charge in [-0.2, -0.15) is 0 Å². The molecule has 1 unspecified atom stereocenters. The molecule has 1 aromatic rings. The number of carbonyl (C=O) groups excluding carboxylic acids is 1. The number of benzene rings is 1. The number of likely N-dealkylation sites (N-methyl/N-ethyl adjacent to an activating group) is 1. The van der Waals surface area contributed by atoms with Gasteiger partial charge in [0.05, 0.1) is 11.6 Å². The molecule has 1 aliphatic carbocycles. The van der Waals surface area contributed by atoms with E-state index in [9.17, 15) is 4.79 Å². The normalized spacial score (nSPS) is 18.4. The molecule has 3 N–H and O–H groups in total. The Kier molecular flexibility index (Phi) is 3.68. The van der Waals surface area contributed by atoms with Gasteiger partial charge in [-0.1, -0.05) is 30.3 Å². The first-order chi connectivity index (χ1) is 8.53. The quantitative estimate of drug-likeness (QED) is 0.812. The third-order valence-corrected chi connectivity index (χ3v) is 3.50. The molecule has 18 heavy (non-hydrogen) atoms. The van der Waals surface area contributed by atoms with Crippen LogP contribution in [0.15, 0.2) is 30.3 Å². The van der Waals surface area contributed by atoms with Crippen molar-refractivity contribution in [2.24, 2.45) is 5.73 Å². The predicted molar refractivity (Wildman–Crippen MR) is 72.0 cm³/mol. The summed E-state index contributed by atoms with van der Waals surface area (Å²) in [5, 5.41) is 2.96. The van der Waals surface area contributed by atoms with Gasteiger partial charge < -0.3 is 16.0 Å². The first-order valence-electron chi connectivity index (χ1n) is 6.31. The number of rotatable bonds is 5. The van der Waals surface area contributed by atoms with Gasteiger partial charge in [0.1, 0.15) is 0 Å². The van der Waals surface area contributed by atoms with Crippen LogP contribution in [0.25, 0.3) is 0 Å². The molecule has 1 atom stereocenters. The van der Waals surface area contributed by atoms with Crippen LogP contribution in [0.1, 0.15) is 24.4 Å². The highest BCUT2D eigenvalue weighted by Gasteiger charge is 2.45. The van der Waals surface area contributed by atoms with Gasteiger partial charge >= 0.3 is 0 Å². The van der Waals surface area contributed by atoms with Gasteiger partial charge in [-0.15, -0.1) is 0 Å². The molecule has 0 aromatic heterocycles. The maximum Gasteiger partial charge on any atom is 0.240 e. The van der Waals surface area contributed by atoms with Gasteiger partial charge in [0.2, 0.25) is 5.91 Å². The van der Waals surface area contributed by atoms with E-state index >= 15 is 0 Å². The number of nitrogens with two attached hydrogens (primary N) is 1. The Labute approximate surface area is 108 Å². The summed E-state index contributed by atoms with van der Waals surface area (Å²) in [4.78, 5) is 13.9. The number of nitrogens with one attached hydrogen (secondary N) is 1. The average Bonchev–Trinajstić information content (AvgIpc) is 3.10. The van der Waals surface area contributed by atoms with Crippen molar-refractivity contribution in [3.05, 3.63) is 35.9 Å². The van der Waals surface area contributed by atoms with Crippen molar-refractivity contribution in [1.29, 1.82) is 0 Å². The summed E-state index contributed by atoms with van der Waals surface area (Å²) in [7, 11) is 4.03. The SMILES string of the molecule is CN(C)C(CNC(=O)C1(N)CC1)c1ccccc1. The molecule has 0 heterocycles. The summed E-state index contributed by atoms with van der Waals surface area (Å²) < 4.78 is 0.